The molecule has 0 bridgehead atoms. The van der Waals surface area contributed by atoms with Crippen LogP contribution in [0.15, 0.2) is 18.2 Å². The molecule has 0 atom stereocenters. The van der Waals surface area contributed by atoms with Gasteiger partial charge in [-0.2, -0.15) is 0 Å². The summed E-state index contributed by atoms with van der Waals surface area (Å²) in [6, 6.07) is 4.44. The van der Waals surface area contributed by atoms with Crippen LogP contribution in [-0.4, -0.2) is 24.1 Å². The van der Waals surface area contributed by atoms with Crippen LogP contribution in [-0.2, 0) is 4.79 Å². The lowest BCUT2D eigenvalue weighted by Gasteiger charge is -2.04. The summed E-state index contributed by atoms with van der Waals surface area (Å²) in [5.41, 5.74) is 5.56. The van der Waals surface area contributed by atoms with Gasteiger partial charge in [0, 0.05) is 5.56 Å². The Bertz CT molecular complexity index is 511. The van der Waals surface area contributed by atoms with E-state index in [4.69, 9.17) is 15.6 Å². The fourth-order valence-corrected chi connectivity index (χ4v) is 1.18. The van der Waals surface area contributed by atoms with Crippen molar-refractivity contribution in [3.05, 3.63) is 29.3 Å². The van der Waals surface area contributed by atoms with Crippen molar-refractivity contribution in [2.45, 2.75) is 6.42 Å². The fraction of sp³-hybridized carbons (Fsp3) is 0.167. The zero-order valence-corrected chi connectivity index (χ0v) is 9.19. The molecule has 0 unspecified atom stereocenters. The molecule has 1 rings (SSSR count). The number of primary amides is 1. The van der Waals surface area contributed by atoms with E-state index in [1.54, 1.807) is 6.07 Å². The topological polar surface area (TPSA) is 89.6 Å². The highest BCUT2D eigenvalue weighted by molar-refractivity contribution is 5.91. The van der Waals surface area contributed by atoms with Crippen LogP contribution in [0.2, 0.25) is 0 Å². The Morgan fingerprint density at radius 2 is 2.18 bits per heavy atom. The van der Waals surface area contributed by atoms with Crippen LogP contribution in [0.4, 0.5) is 0 Å². The summed E-state index contributed by atoms with van der Waals surface area (Å²) in [6.45, 7) is 0. The molecule has 3 N–H and O–H groups in total. The van der Waals surface area contributed by atoms with Gasteiger partial charge in [0.2, 0.25) is 5.91 Å². The lowest BCUT2D eigenvalue weighted by Crippen LogP contribution is -2.08. The average molecular weight is 233 g/mol. The van der Waals surface area contributed by atoms with E-state index in [1.165, 1.54) is 19.2 Å². The van der Waals surface area contributed by atoms with Crippen LogP contribution in [0, 0.1) is 11.8 Å². The SMILES string of the molecule is COc1cc(C#CCC(N)=O)ccc1C(=O)O. The first kappa shape index (κ1) is 12.6. The van der Waals surface area contributed by atoms with E-state index in [9.17, 15) is 9.59 Å². The van der Waals surface area contributed by atoms with Gasteiger partial charge in [-0.1, -0.05) is 11.8 Å². The number of carboxylic acid groups (broad SMARTS) is 1. The molecule has 1 aromatic rings. The predicted molar refractivity (Wildman–Crippen MR) is 60.6 cm³/mol. The van der Waals surface area contributed by atoms with E-state index in [1.807, 2.05) is 0 Å². The van der Waals surface area contributed by atoms with Crippen LogP contribution in [0.25, 0.3) is 0 Å². The molecule has 5 heteroatoms. The zero-order chi connectivity index (χ0) is 12.8. The fourth-order valence-electron chi connectivity index (χ4n) is 1.18. The summed E-state index contributed by atoms with van der Waals surface area (Å²) >= 11 is 0. The number of carbonyl (C=O) groups excluding carboxylic acids is 1. The number of nitrogens with two attached hydrogens (primary N) is 1. The summed E-state index contributed by atoms with van der Waals surface area (Å²) in [4.78, 5) is 21.3. The van der Waals surface area contributed by atoms with Crippen LogP contribution in [0.3, 0.4) is 0 Å². The largest absolute Gasteiger partial charge is 0.496 e. The maximum absolute atomic E-state index is 10.8. The lowest BCUT2D eigenvalue weighted by molar-refractivity contribution is -0.117. The Morgan fingerprint density at radius 3 is 2.71 bits per heavy atom. The highest BCUT2D eigenvalue weighted by atomic mass is 16.5. The van der Waals surface area contributed by atoms with E-state index in [-0.39, 0.29) is 17.7 Å². The molecule has 0 fully saturated rings. The van der Waals surface area contributed by atoms with Gasteiger partial charge in [-0.3, -0.25) is 4.79 Å². The Morgan fingerprint density at radius 1 is 1.47 bits per heavy atom. The highest BCUT2D eigenvalue weighted by Gasteiger charge is 2.10. The molecule has 1 amide bonds. The maximum atomic E-state index is 10.8. The van der Waals surface area contributed by atoms with Gasteiger partial charge < -0.3 is 15.6 Å². The van der Waals surface area contributed by atoms with E-state index in [0.717, 1.165) is 0 Å². The van der Waals surface area contributed by atoms with E-state index in [2.05, 4.69) is 11.8 Å². The van der Waals surface area contributed by atoms with Crippen molar-refractivity contribution in [1.82, 2.24) is 0 Å². The Balaban J connectivity index is 3.00. The van der Waals surface area contributed by atoms with Crippen molar-refractivity contribution < 1.29 is 19.4 Å². The van der Waals surface area contributed by atoms with Gasteiger partial charge in [0.25, 0.3) is 0 Å². The van der Waals surface area contributed by atoms with Gasteiger partial charge in [0.15, 0.2) is 0 Å². The van der Waals surface area contributed by atoms with Crippen LogP contribution < -0.4 is 10.5 Å². The number of hydrogen-bond donors (Lipinski definition) is 2. The second-order valence-corrected chi connectivity index (χ2v) is 3.17. The molecule has 17 heavy (non-hydrogen) atoms. The second-order valence-electron chi connectivity index (χ2n) is 3.17. The van der Waals surface area contributed by atoms with Crippen molar-refractivity contribution in [1.29, 1.82) is 0 Å². The minimum absolute atomic E-state index is 0.0387. The third kappa shape index (κ3) is 3.54. The van der Waals surface area contributed by atoms with E-state index < -0.39 is 11.9 Å². The summed E-state index contributed by atoms with van der Waals surface area (Å²) in [7, 11) is 1.38. The van der Waals surface area contributed by atoms with Crippen molar-refractivity contribution in [2.75, 3.05) is 7.11 Å². The third-order valence-corrected chi connectivity index (χ3v) is 1.93. The molecule has 0 saturated carbocycles. The molecule has 0 aromatic heterocycles. The molecule has 5 nitrogen and oxygen atoms in total. The first-order valence-corrected chi connectivity index (χ1v) is 4.73. The van der Waals surface area contributed by atoms with Gasteiger partial charge in [-0.25, -0.2) is 4.79 Å². The number of benzene rings is 1. The van der Waals surface area contributed by atoms with Gasteiger partial charge in [0.05, 0.1) is 13.5 Å². The number of carbonyl (C=O) groups is 2. The Hall–Kier alpha value is -2.48. The average Bonchev–Trinajstić information content (AvgIpc) is 2.28. The maximum Gasteiger partial charge on any atom is 0.339 e. The molecule has 0 aliphatic heterocycles. The minimum atomic E-state index is -1.07. The normalized spacial score (nSPS) is 9.00. The number of methoxy groups -OCH3 is 1. The van der Waals surface area contributed by atoms with E-state index >= 15 is 0 Å². The van der Waals surface area contributed by atoms with Crippen LogP contribution >= 0.6 is 0 Å². The molecule has 0 saturated heterocycles. The van der Waals surface area contributed by atoms with Crippen molar-refractivity contribution >= 4 is 11.9 Å². The minimum Gasteiger partial charge on any atom is -0.496 e. The quantitative estimate of drug-likeness (QED) is 0.749. The highest BCUT2D eigenvalue weighted by Crippen LogP contribution is 2.19. The number of rotatable bonds is 3. The second kappa shape index (κ2) is 5.56. The number of amides is 1. The first-order valence-electron chi connectivity index (χ1n) is 4.73. The summed E-state index contributed by atoms with van der Waals surface area (Å²) in [5.74, 6) is 3.91. The smallest absolute Gasteiger partial charge is 0.339 e. The molecular formula is C12H11NO4. The zero-order valence-electron chi connectivity index (χ0n) is 9.19. The summed E-state index contributed by atoms with van der Waals surface area (Å²) in [6.07, 6.45) is -0.0387. The molecule has 0 aliphatic rings. The van der Waals surface area contributed by atoms with E-state index in [0.29, 0.717) is 5.56 Å². The number of ether oxygens (including phenoxy) is 1. The third-order valence-electron chi connectivity index (χ3n) is 1.93. The standard InChI is InChI=1S/C12H11NO4/c1-17-10-7-8(3-2-4-11(13)14)5-6-9(10)12(15)16/h5-7H,4H2,1H3,(H2,13,14)(H,15,16). The van der Waals surface area contributed by atoms with Crippen molar-refractivity contribution in [3.63, 3.8) is 0 Å². The molecule has 1 aromatic carbocycles. The monoisotopic (exact) mass is 233 g/mol. The van der Waals surface area contributed by atoms with Gasteiger partial charge in [-0.05, 0) is 18.2 Å². The number of aromatic carboxylic acids is 1. The van der Waals surface area contributed by atoms with Gasteiger partial charge >= 0.3 is 5.97 Å². The predicted octanol–water partition coefficient (Wildman–Crippen LogP) is 0.620. The molecule has 0 spiro atoms. The Kier molecular flexibility index (Phi) is 4.12. The van der Waals surface area contributed by atoms with Crippen LogP contribution in [0.5, 0.6) is 5.75 Å². The van der Waals surface area contributed by atoms with Crippen LogP contribution in [0.1, 0.15) is 22.3 Å². The molecule has 0 heterocycles. The molecular weight excluding hydrogens is 222 g/mol. The summed E-state index contributed by atoms with van der Waals surface area (Å²) < 4.78 is 4.93. The molecule has 0 radical (unpaired) electrons. The van der Waals surface area contributed by atoms with Gasteiger partial charge in [0.1, 0.15) is 11.3 Å². The van der Waals surface area contributed by atoms with Crippen molar-refractivity contribution in [3.8, 4) is 17.6 Å². The lowest BCUT2D eigenvalue weighted by atomic mass is 10.1. The Labute approximate surface area is 98.2 Å². The first-order chi connectivity index (χ1) is 8.04. The molecule has 0 aliphatic carbocycles. The van der Waals surface area contributed by atoms with Gasteiger partial charge in [-0.15, -0.1) is 0 Å². The molecule has 88 valence electrons. The number of hydrogen-bond acceptors (Lipinski definition) is 3. The number of carboxylic acids is 1. The van der Waals surface area contributed by atoms with Crippen molar-refractivity contribution in [2.24, 2.45) is 5.73 Å². The summed E-state index contributed by atoms with van der Waals surface area (Å²) in [5, 5.41) is 8.86.